The minimum atomic E-state index is -4.52. The maximum atomic E-state index is 12.6. The molecule has 1 saturated heterocycles. The van der Waals surface area contributed by atoms with Crippen LogP contribution in [0.15, 0.2) is 36.5 Å². The molecule has 9 heteroatoms. The lowest BCUT2D eigenvalue weighted by Crippen LogP contribution is -2.49. The van der Waals surface area contributed by atoms with E-state index in [4.69, 9.17) is 11.6 Å². The van der Waals surface area contributed by atoms with Gasteiger partial charge < -0.3 is 10.2 Å². The molecule has 1 N–H and O–H groups in total. The first-order valence-corrected chi connectivity index (χ1v) is 8.09. The number of alkyl halides is 3. The second-order valence-electron chi connectivity index (χ2n) is 5.72. The molecule has 2 heterocycles. The van der Waals surface area contributed by atoms with Gasteiger partial charge in [0.1, 0.15) is 6.54 Å². The fraction of sp³-hybridized carbons (Fsp3) is 0.375. The first-order chi connectivity index (χ1) is 11.9. The SMILES string of the molecule is O=C(Cn1ccc(C(F)(F)F)n1)N1CCNCC1c1ccccc1Cl. The molecule has 1 amide bonds. The van der Waals surface area contributed by atoms with Gasteiger partial charge in [0.15, 0.2) is 5.69 Å². The third kappa shape index (κ3) is 3.96. The Morgan fingerprint density at radius 3 is 2.76 bits per heavy atom. The molecule has 25 heavy (non-hydrogen) atoms. The van der Waals surface area contributed by atoms with E-state index < -0.39 is 11.9 Å². The van der Waals surface area contributed by atoms with Gasteiger partial charge in [0.2, 0.25) is 5.91 Å². The molecule has 0 radical (unpaired) electrons. The summed E-state index contributed by atoms with van der Waals surface area (Å²) in [6, 6.07) is 7.81. The van der Waals surface area contributed by atoms with E-state index in [0.29, 0.717) is 24.7 Å². The summed E-state index contributed by atoms with van der Waals surface area (Å²) < 4.78 is 38.9. The van der Waals surface area contributed by atoms with Crippen molar-refractivity contribution in [3.05, 3.63) is 52.8 Å². The van der Waals surface area contributed by atoms with E-state index in [1.807, 2.05) is 12.1 Å². The summed E-state index contributed by atoms with van der Waals surface area (Å²) in [6.07, 6.45) is -3.36. The highest BCUT2D eigenvalue weighted by atomic mass is 35.5. The van der Waals surface area contributed by atoms with Gasteiger partial charge >= 0.3 is 6.18 Å². The number of halogens is 4. The Balaban J connectivity index is 1.77. The van der Waals surface area contributed by atoms with Crippen LogP contribution >= 0.6 is 11.6 Å². The molecule has 1 fully saturated rings. The summed E-state index contributed by atoms with van der Waals surface area (Å²) in [4.78, 5) is 14.3. The highest BCUT2D eigenvalue weighted by molar-refractivity contribution is 6.31. The van der Waals surface area contributed by atoms with Crippen LogP contribution in [0.4, 0.5) is 13.2 Å². The molecule has 2 aromatic rings. The van der Waals surface area contributed by atoms with Gasteiger partial charge in [-0.3, -0.25) is 9.48 Å². The van der Waals surface area contributed by atoms with E-state index in [1.54, 1.807) is 17.0 Å². The summed E-state index contributed by atoms with van der Waals surface area (Å²) in [7, 11) is 0. The van der Waals surface area contributed by atoms with Crippen molar-refractivity contribution in [2.75, 3.05) is 19.6 Å². The number of nitrogens with zero attached hydrogens (tertiary/aromatic N) is 3. The van der Waals surface area contributed by atoms with Gasteiger partial charge in [0, 0.05) is 30.9 Å². The van der Waals surface area contributed by atoms with Crippen LogP contribution in [0.2, 0.25) is 5.02 Å². The highest BCUT2D eigenvalue weighted by Gasteiger charge is 2.34. The molecule has 1 unspecified atom stereocenters. The monoisotopic (exact) mass is 372 g/mol. The Morgan fingerprint density at radius 2 is 2.08 bits per heavy atom. The van der Waals surface area contributed by atoms with Gasteiger partial charge in [-0.05, 0) is 17.7 Å². The molecule has 0 spiro atoms. The van der Waals surface area contributed by atoms with Gasteiger partial charge in [-0.2, -0.15) is 18.3 Å². The lowest BCUT2D eigenvalue weighted by Gasteiger charge is -2.37. The molecular formula is C16H16ClF3N4O. The highest BCUT2D eigenvalue weighted by Crippen LogP contribution is 2.29. The summed E-state index contributed by atoms with van der Waals surface area (Å²) in [5.74, 6) is -0.303. The molecule has 0 bridgehead atoms. The van der Waals surface area contributed by atoms with Crippen LogP contribution in [0.5, 0.6) is 0 Å². The number of aromatic nitrogens is 2. The number of amides is 1. The largest absolute Gasteiger partial charge is 0.435 e. The van der Waals surface area contributed by atoms with Crippen LogP contribution in [0.3, 0.4) is 0 Å². The number of hydrogen-bond acceptors (Lipinski definition) is 3. The van der Waals surface area contributed by atoms with Crippen LogP contribution in [0.25, 0.3) is 0 Å². The van der Waals surface area contributed by atoms with E-state index in [9.17, 15) is 18.0 Å². The number of piperazine rings is 1. The fourth-order valence-corrected chi connectivity index (χ4v) is 3.12. The molecule has 1 aliphatic rings. The predicted octanol–water partition coefficient (Wildman–Crippen LogP) is 2.73. The fourth-order valence-electron chi connectivity index (χ4n) is 2.86. The van der Waals surface area contributed by atoms with Crippen LogP contribution < -0.4 is 5.32 Å². The van der Waals surface area contributed by atoms with Gasteiger partial charge in [-0.15, -0.1) is 0 Å². The summed E-state index contributed by atoms with van der Waals surface area (Å²) >= 11 is 6.23. The number of carbonyl (C=O) groups is 1. The van der Waals surface area contributed by atoms with Crippen molar-refractivity contribution in [1.29, 1.82) is 0 Å². The molecule has 0 saturated carbocycles. The van der Waals surface area contributed by atoms with E-state index in [-0.39, 0.29) is 18.5 Å². The van der Waals surface area contributed by atoms with Gasteiger partial charge in [0.25, 0.3) is 0 Å². The summed E-state index contributed by atoms with van der Waals surface area (Å²) in [5, 5.41) is 7.19. The molecule has 134 valence electrons. The predicted molar refractivity (Wildman–Crippen MR) is 86.0 cm³/mol. The summed E-state index contributed by atoms with van der Waals surface area (Å²) in [5.41, 5.74) is -0.204. The van der Waals surface area contributed by atoms with Gasteiger partial charge in [-0.1, -0.05) is 29.8 Å². The Hall–Kier alpha value is -2.06. The lowest BCUT2D eigenvalue weighted by atomic mass is 10.0. The zero-order valence-corrected chi connectivity index (χ0v) is 13.9. The van der Waals surface area contributed by atoms with Crippen LogP contribution in [0, 0.1) is 0 Å². The Bertz CT molecular complexity index is 762. The smallest absolute Gasteiger partial charge is 0.331 e. The van der Waals surface area contributed by atoms with Crippen LogP contribution in [-0.4, -0.2) is 40.2 Å². The molecule has 5 nitrogen and oxygen atoms in total. The topological polar surface area (TPSA) is 50.2 Å². The average molecular weight is 373 g/mol. The van der Waals surface area contributed by atoms with Crippen LogP contribution in [-0.2, 0) is 17.5 Å². The van der Waals surface area contributed by atoms with Crippen molar-refractivity contribution in [3.63, 3.8) is 0 Å². The zero-order chi connectivity index (χ0) is 18.0. The number of nitrogens with one attached hydrogen (secondary N) is 1. The van der Waals surface area contributed by atoms with Gasteiger partial charge in [0.05, 0.1) is 6.04 Å². The van der Waals surface area contributed by atoms with Crippen molar-refractivity contribution in [2.45, 2.75) is 18.8 Å². The number of rotatable bonds is 3. The molecular weight excluding hydrogens is 357 g/mol. The Labute approximate surface area is 147 Å². The number of carbonyl (C=O) groups excluding carboxylic acids is 1. The molecule has 1 aromatic carbocycles. The maximum absolute atomic E-state index is 12.6. The second-order valence-corrected chi connectivity index (χ2v) is 6.13. The third-order valence-corrected chi connectivity index (χ3v) is 4.40. The van der Waals surface area contributed by atoms with E-state index in [0.717, 1.165) is 22.5 Å². The second kappa shape index (κ2) is 7.05. The molecule has 3 rings (SSSR count). The standard InChI is InChI=1S/C16H16ClF3N4O/c17-12-4-2-1-3-11(12)13-9-21-6-8-24(13)15(25)10-23-7-5-14(22-23)16(18,19)20/h1-5,7,13,21H,6,8-10H2. The average Bonchev–Trinajstić information content (AvgIpc) is 3.04. The first kappa shape index (κ1) is 17.8. The number of hydrogen-bond donors (Lipinski definition) is 1. The van der Waals surface area contributed by atoms with E-state index >= 15 is 0 Å². The van der Waals surface area contributed by atoms with Crippen molar-refractivity contribution in [2.24, 2.45) is 0 Å². The van der Waals surface area contributed by atoms with Crippen LogP contribution in [0.1, 0.15) is 17.3 Å². The summed E-state index contributed by atoms with van der Waals surface area (Å²) in [6.45, 7) is 1.33. The molecule has 1 aromatic heterocycles. The van der Waals surface area contributed by atoms with Gasteiger partial charge in [-0.25, -0.2) is 0 Å². The minimum Gasteiger partial charge on any atom is -0.331 e. The zero-order valence-electron chi connectivity index (χ0n) is 13.1. The molecule has 1 aliphatic heterocycles. The van der Waals surface area contributed by atoms with E-state index in [2.05, 4.69) is 10.4 Å². The van der Waals surface area contributed by atoms with Crippen molar-refractivity contribution < 1.29 is 18.0 Å². The Kier molecular flexibility index (Phi) is 5.01. The normalized spacial score (nSPS) is 18.4. The van der Waals surface area contributed by atoms with Crippen molar-refractivity contribution >= 4 is 17.5 Å². The Morgan fingerprint density at radius 1 is 1.32 bits per heavy atom. The minimum absolute atomic E-state index is 0.253. The quantitative estimate of drug-likeness (QED) is 0.901. The third-order valence-electron chi connectivity index (χ3n) is 4.06. The first-order valence-electron chi connectivity index (χ1n) is 7.71. The van der Waals surface area contributed by atoms with Crippen molar-refractivity contribution in [1.82, 2.24) is 20.0 Å². The maximum Gasteiger partial charge on any atom is 0.435 e. The lowest BCUT2D eigenvalue weighted by molar-refractivity contribution is -0.142. The number of benzene rings is 1. The van der Waals surface area contributed by atoms with E-state index in [1.165, 1.54) is 0 Å². The van der Waals surface area contributed by atoms with Crippen molar-refractivity contribution in [3.8, 4) is 0 Å². The molecule has 0 aliphatic carbocycles. The molecule has 1 atom stereocenters.